The van der Waals surface area contributed by atoms with E-state index in [2.05, 4.69) is 32.6 Å². The zero-order valence-electron chi connectivity index (χ0n) is 12.7. The molecule has 4 unspecified atom stereocenters. The number of likely N-dealkylation sites (tertiary alicyclic amines) is 1. The van der Waals surface area contributed by atoms with Crippen LogP contribution in [0, 0.1) is 23.2 Å². The lowest BCUT2D eigenvalue weighted by Gasteiger charge is -2.29. The number of halogens is 1. The number of nitrogens with zero attached hydrogens (tertiary/aromatic N) is 1. The second-order valence-corrected chi connectivity index (χ2v) is 7.44. The van der Waals surface area contributed by atoms with E-state index in [0.29, 0.717) is 36.1 Å². The number of carbonyl (C=O) groups is 1. The van der Waals surface area contributed by atoms with Crippen LogP contribution in [0.15, 0.2) is 0 Å². The van der Waals surface area contributed by atoms with Crippen molar-refractivity contribution in [1.82, 2.24) is 4.90 Å². The van der Waals surface area contributed by atoms with Gasteiger partial charge in [0.2, 0.25) is 5.91 Å². The summed E-state index contributed by atoms with van der Waals surface area (Å²) in [5, 5.41) is 0. The second kappa shape index (κ2) is 6.01. The minimum atomic E-state index is 0. The Bertz CT molecular complexity index is 327. The van der Waals surface area contributed by atoms with Crippen molar-refractivity contribution in [2.24, 2.45) is 28.9 Å². The van der Waals surface area contributed by atoms with Gasteiger partial charge in [-0.2, -0.15) is 0 Å². The molecule has 0 spiro atoms. The summed E-state index contributed by atoms with van der Waals surface area (Å²) in [5.74, 6) is 2.01. The van der Waals surface area contributed by atoms with Crippen molar-refractivity contribution in [1.29, 1.82) is 0 Å². The highest BCUT2D eigenvalue weighted by atomic mass is 35.5. The molecule has 4 heteroatoms. The number of amides is 1. The van der Waals surface area contributed by atoms with E-state index in [-0.39, 0.29) is 17.8 Å². The third-order valence-corrected chi connectivity index (χ3v) is 5.22. The predicted octanol–water partition coefficient (Wildman–Crippen LogP) is 2.68. The summed E-state index contributed by atoms with van der Waals surface area (Å²) in [6.07, 6.45) is 3.04. The Morgan fingerprint density at radius 1 is 1.32 bits per heavy atom. The second-order valence-electron chi connectivity index (χ2n) is 7.44. The van der Waals surface area contributed by atoms with Gasteiger partial charge in [0.25, 0.3) is 0 Å². The summed E-state index contributed by atoms with van der Waals surface area (Å²) in [7, 11) is 0. The third kappa shape index (κ3) is 3.63. The highest BCUT2D eigenvalue weighted by Crippen LogP contribution is 2.38. The molecule has 1 aliphatic heterocycles. The molecule has 1 saturated heterocycles. The van der Waals surface area contributed by atoms with Crippen molar-refractivity contribution >= 4 is 18.3 Å². The lowest BCUT2D eigenvalue weighted by molar-refractivity contribution is -0.132. The van der Waals surface area contributed by atoms with E-state index in [0.717, 1.165) is 19.5 Å². The summed E-state index contributed by atoms with van der Waals surface area (Å²) in [5.41, 5.74) is 6.32. The maximum absolute atomic E-state index is 12.3. The Morgan fingerprint density at radius 3 is 2.47 bits per heavy atom. The molecule has 0 aromatic heterocycles. The van der Waals surface area contributed by atoms with Gasteiger partial charge in [-0.1, -0.05) is 27.7 Å². The summed E-state index contributed by atoms with van der Waals surface area (Å²) < 4.78 is 0. The molecule has 0 radical (unpaired) electrons. The lowest BCUT2D eigenvalue weighted by atomic mass is 9.80. The first kappa shape index (κ1) is 16.8. The van der Waals surface area contributed by atoms with Gasteiger partial charge in [-0.25, -0.2) is 0 Å². The fraction of sp³-hybridized carbons (Fsp3) is 0.933. The van der Waals surface area contributed by atoms with Gasteiger partial charge >= 0.3 is 0 Å². The van der Waals surface area contributed by atoms with E-state index in [9.17, 15) is 4.79 Å². The highest BCUT2D eigenvalue weighted by molar-refractivity contribution is 5.85. The van der Waals surface area contributed by atoms with Crippen molar-refractivity contribution < 1.29 is 4.79 Å². The number of carbonyl (C=O) groups excluding carboxylic acids is 1. The minimum Gasteiger partial charge on any atom is -0.342 e. The number of fused-ring (bicyclic) bond motifs is 1. The van der Waals surface area contributed by atoms with Crippen molar-refractivity contribution in [3.63, 3.8) is 0 Å². The van der Waals surface area contributed by atoms with E-state index < -0.39 is 0 Å². The van der Waals surface area contributed by atoms with Gasteiger partial charge in [-0.3, -0.25) is 4.79 Å². The molecule has 0 aromatic rings. The van der Waals surface area contributed by atoms with Crippen LogP contribution in [0.5, 0.6) is 0 Å². The topological polar surface area (TPSA) is 46.3 Å². The standard InChI is InChI=1S/C15H28N2O.ClH/c1-10(15(2,3)4)7-14(18)17-8-11-5-6-13(16)12(11)9-17;/h10-13H,5-9,16H2,1-4H3;1H. The molecular formula is C15H29ClN2O. The summed E-state index contributed by atoms with van der Waals surface area (Å²) in [6.45, 7) is 10.7. The largest absolute Gasteiger partial charge is 0.342 e. The van der Waals surface area contributed by atoms with E-state index in [4.69, 9.17) is 5.73 Å². The summed E-state index contributed by atoms with van der Waals surface area (Å²) in [6, 6.07) is 0.327. The van der Waals surface area contributed by atoms with Gasteiger partial charge in [-0.15, -0.1) is 12.4 Å². The molecular weight excluding hydrogens is 260 g/mol. The third-order valence-electron chi connectivity index (χ3n) is 5.22. The average Bonchev–Trinajstić information content (AvgIpc) is 2.80. The van der Waals surface area contributed by atoms with Crippen LogP contribution in [0.3, 0.4) is 0 Å². The quantitative estimate of drug-likeness (QED) is 0.849. The summed E-state index contributed by atoms with van der Waals surface area (Å²) in [4.78, 5) is 14.4. The first-order valence-electron chi connectivity index (χ1n) is 7.32. The highest BCUT2D eigenvalue weighted by Gasteiger charge is 2.42. The zero-order valence-corrected chi connectivity index (χ0v) is 13.5. The molecule has 2 N–H and O–H groups in total. The molecule has 0 bridgehead atoms. The number of rotatable bonds is 2. The van der Waals surface area contributed by atoms with Crippen molar-refractivity contribution in [2.75, 3.05) is 13.1 Å². The molecule has 2 aliphatic rings. The Labute approximate surface area is 123 Å². The molecule has 1 saturated carbocycles. The predicted molar refractivity (Wildman–Crippen MR) is 81.3 cm³/mol. The van der Waals surface area contributed by atoms with E-state index in [1.807, 2.05) is 0 Å². The molecule has 2 rings (SSSR count). The van der Waals surface area contributed by atoms with Gasteiger partial charge in [-0.05, 0) is 36.0 Å². The van der Waals surface area contributed by atoms with E-state index >= 15 is 0 Å². The molecule has 112 valence electrons. The summed E-state index contributed by atoms with van der Waals surface area (Å²) >= 11 is 0. The van der Waals surface area contributed by atoms with Gasteiger partial charge < -0.3 is 10.6 Å². The van der Waals surface area contributed by atoms with Gasteiger partial charge in [0.1, 0.15) is 0 Å². The zero-order chi connectivity index (χ0) is 13.5. The van der Waals surface area contributed by atoms with Crippen LogP contribution in [-0.2, 0) is 4.79 Å². The Hall–Kier alpha value is -0.280. The number of hydrogen-bond acceptors (Lipinski definition) is 2. The van der Waals surface area contributed by atoms with Crippen LogP contribution in [0.1, 0.15) is 47.0 Å². The number of nitrogens with two attached hydrogens (primary N) is 1. The van der Waals surface area contributed by atoms with Crippen LogP contribution >= 0.6 is 12.4 Å². The molecule has 19 heavy (non-hydrogen) atoms. The van der Waals surface area contributed by atoms with Crippen LogP contribution < -0.4 is 5.73 Å². The van der Waals surface area contributed by atoms with Crippen LogP contribution in [0.2, 0.25) is 0 Å². The Kier molecular flexibility index (Phi) is 5.30. The van der Waals surface area contributed by atoms with Gasteiger partial charge in [0.15, 0.2) is 0 Å². The number of hydrogen-bond donors (Lipinski definition) is 1. The Balaban J connectivity index is 0.00000180. The normalized spacial score (nSPS) is 31.8. The van der Waals surface area contributed by atoms with E-state index in [1.54, 1.807) is 0 Å². The van der Waals surface area contributed by atoms with Crippen LogP contribution in [0.25, 0.3) is 0 Å². The maximum atomic E-state index is 12.3. The van der Waals surface area contributed by atoms with Crippen molar-refractivity contribution in [3.8, 4) is 0 Å². The molecule has 1 aliphatic carbocycles. The monoisotopic (exact) mass is 288 g/mol. The molecule has 1 amide bonds. The Morgan fingerprint density at radius 2 is 1.95 bits per heavy atom. The van der Waals surface area contributed by atoms with E-state index in [1.165, 1.54) is 6.42 Å². The van der Waals surface area contributed by atoms with Crippen LogP contribution in [0.4, 0.5) is 0 Å². The smallest absolute Gasteiger partial charge is 0.222 e. The molecule has 0 aromatic carbocycles. The lowest BCUT2D eigenvalue weighted by Crippen LogP contribution is -2.35. The molecule has 1 heterocycles. The fourth-order valence-electron chi connectivity index (χ4n) is 3.21. The van der Waals surface area contributed by atoms with Gasteiger partial charge in [0.05, 0.1) is 0 Å². The maximum Gasteiger partial charge on any atom is 0.222 e. The van der Waals surface area contributed by atoms with Crippen molar-refractivity contribution in [3.05, 3.63) is 0 Å². The molecule has 3 nitrogen and oxygen atoms in total. The molecule has 4 atom stereocenters. The minimum absolute atomic E-state index is 0. The molecule has 2 fully saturated rings. The first-order valence-corrected chi connectivity index (χ1v) is 7.32. The fourth-order valence-corrected chi connectivity index (χ4v) is 3.21. The van der Waals surface area contributed by atoms with Gasteiger partial charge in [0, 0.05) is 25.6 Å². The first-order chi connectivity index (χ1) is 8.29. The average molecular weight is 289 g/mol. The van der Waals surface area contributed by atoms with Crippen molar-refractivity contribution in [2.45, 2.75) is 53.0 Å². The van der Waals surface area contributed by atoms with Crippen LogP contribution in [-0.4, -0.2) is 29.9 Å². The SMILES string of the molecule is CC(CC(=O)N1CC2CCC(N)C2C1)C(C)(C)C.Cl.